The van der Waals surface area contributed by atoms with E-state index in [2.05, 4.69) is 36.6 Å². The van der Waals surface area contributed by atoms with Crippen LogP contribution in [0, 0.1) is 0 Å². The van der Waals surface area contributed by atoms with Gasteiger partial charge in [-0.25, -0.2) is 4.79 Å². The average molecular weight is 300 g/mol. The number of esters is 1. The molecule has 0 spiro atoms. The van der Waals surface area contributed by atoms with E-state index in [4.69, 9.17) is 0 Å². The van der Waals surface area contributed by atoms with Crippen LogP contribution in [0.25, 0.3) is 0 Å². The zero-order valence-corrected chi connectivity index (χ0v) is 9.81. The Hall–Kier alpha value is -0.160. The Kier molecular flexibility index (Phi) is 4.70. The largest absolute Gasteiger partial charge is 0.466 e. The van der Waals surface area contributed by atoms with Gasteiger partial charge in [0.05, 0.1) is 7.11 Å². The van der Waals surface area contributed by atoms with E-state index in [1.807, 2.05) is 0 Å². The van der Waals surface area contributed by atoms with Gasteiger partial charge in [-0.05, 0) is 13.0 Å². The first-order valence-electron chi connectivity index (χ1n) is 3.05. The molecular formula is C7H8Br2O3. The monoisotopic (exact) mass is 298 g/mol. The number of alkyl halides is 2. The Labute approximate surface area is 87.4 Å². The maximum Gasteiger partial charge on any atom is 0.333 e. The topological polar surface area (TPSA) is 43.4 Å². The SMILES string of the molecule is COC(=O)/C(C)=C/C(Br)(Br)C=O. The van der Waals surface area contributed by atoms with Crippen LogP contribution in [-0.4, -0.2) is 22.6 Å². The predicted molar refractivity (Wildman–Crippen MR) is 52.4 cm³/mol. The van der Waals surface area contributed by atoms with E-state index in [-0.39, 0.29) is 0 Å². The highest BCUT2D eigenvalue weighted by Gasteiger charge is 2.20. The summed E-state index contributed by atoms with van der Waals surface area (Å²) in [6.45, 7) is 1.56. The van der Waals surface area contributed by atoms with E-state index < -0.39 is 9.20 Å². The molecule has 0 amide bonds. The lowest BCUT2D eigenvalue weighted by molar-refractivity contribution is -0.136. The lowest BCUT2D eigenvalue weighted by Crippen LogP contribution is -2.12. The predicted octanol–water partition coefficient (Wildman–Crippen LogP) is 1.79. The average Bonchev–Trinajstić information content (AvgIpc) is 2.02. The summed E-state index contributed by atoms with van der Waals surface area (Å²) in [6.07, 6.45) is 2.05. The van der Waals surface area contributed by atoms with E-state index >= 15 is 0 Å². The first-order chi connectivity index (χ1) is 5.43. The van der Waals surface area contributed by atoms with Crippen LogP contribution >= 0.6 is 31.9 Å². The van der Waals surface area contributed by atoms with Crippen molar-refractivity contribution in [3.63, 3.8) is 0 Å². The fourth-order valence-electron chi connectivity index (χ4n) is 0.543. The fourth-order valence-corrected chi connectivity index (χ4v) is 1.23. The van der Waals surface area contributed by atoms with Gasteiger partial charge in [-0.3, -0.25) is 0 Å². The molecule has 0 aromatic rings. The van der Waals surface area contributed by atoms with Crippen molar-refractivity contribution in [1.82, 2.24) is 0 Å². The van der Waals surface area contributed by atoms with Crippen LogP contribution in [-0.2, 0) is 14.3 Å². The van der Waals surface area contributed by atoms with Crippen molar-refractivity contribution in [2.24, 2.45) is 0 Å². The maximum absolute atomic E-state index is 10.9. The molecule has 0 unspecified atom stereocenters. The van der Waals surface area contributed by atoms with Crippen LogP contribution < -0.4 is 0 Å². The number of allylic oxidation sites excluding steroid dienone is 1. The van der Waals surface area contributed by atoms with Crippen molar-refractivity contribution in [2.45, 2.75) is 10.2 Å². The van der Waals surface area contributed by atoms with Crippen molar-refractivity contribution in [2.75, 3.05) is 7.11 Å². The molecule has 0 radical (unpaired) electrons. The van der Waals surface area contributed by atoms with Crippen molar-refractivity contribution >= 4 is 44.1 Å². The van der Waals surface area contributed by atoms with Crippen LogP contribution in [0.1, 0.15) is 6.92 Å². The first kappa shape index (κ1) is 11.8. The number of carbonyl (C=O) groups excluding carboxylic acids is 2. The standard InChI is InChI=1S/C7H8Br2O3/c1-5(6(11)12-2)3-7(8,9)4-10/h3-4H,1-2H3/b5-3+. The van der Waals surface area contributed by atoms with Crippen molar-refractivity contribution in [3.05, 3.63) is 11.6 Å². The Morgan fingerprint density at radius 3 is 2.33 bits per heavy atom. The summed E-state index contributed by atoms with van der Waals surface area (Å²) in [6, 6.07) is 0. The minimum absolute atomic E-state index is 0.360. The summed E-state index contributed by atoms with van der Waals surface area (Å²) in [5, 5.41) is 0. The van der Waals surface area contributed by atoms with Crippen LogP contribution in [0.2, 0.25) is 0 Å². The second kappa shape index (κ2) is 4.77. The van der Waals surface area contributed by atoms with Gasteiger partial charge in [0.2, 0.25) is 0 Å². The molecule has 12 heavy (non-hydrogen) atoms. The Morgan fingerprint density at radius 1 is 1.50 bits per heavy atom. The zero-order chi connectivity index (χ0) is 9.78. The number of hydrogen-bond acceptors (Lipinski definition) is 3. The van der Waals surface area contributed by atoms with Gasteiger partial charge in [0.15, 0.2) is 9.52 Å². The molecule has 0 N–H and O–H groups in total. The minimum Gasteiger partial charge on any atom is -0.466 e. The molecule has 0 saturated heterocycles. The van der Waals surface area contributed by atoms with E-state index in [1.165, 1.54) is 13.2 Å². The van der Waals surface area contributed by atoms with E-state index in [1.54, 1.807) is 6.92 Å². The summed E-state index contributed by atoms with van der Waals surface area (Å²) in [5.41, 5.74) is 0.360. The molecule has 0 fully saturated rings. The molecule has 0 bridgehead atoms. The number of hydrogen-bond donors (Lipinski definition) is 0. The second-order valence-electron chi connectivity index (χ2n) is 2.11. The van der Waals surface area contributed by atoms with Gasteiger partial charge < -0.3 is 9.53 Å². The number of halogens is 2. The van der Waals surface area contributed by atoms with Gasteiger partial charge in [-0.2, -0.15) is 0 Å². The highest BCUT2D eigenvalue weighted by molar-refractivity contribution is 9.26. The highest BCUT2D eigenvalue weighted by Crippen LogP contribution is 2.26. The van der Waals surface area contributed by atoms with Gasteiger partial charge in [0.25, 0.3) is 0 Å². The van der Waals surface area contributed by atoms with Gasteiger partial charge >= 0.3 is 5.97 Å². The number of carbonyl (C=O) groups is 2. The van der Waals surface area contributed by atoms with Crippen molar-refractivity contribution in [3.8, 4) is 0 Å². The third-order valence-corrected chi connectivity index (χ3v) is 1.91. The third-order valence-electron chi connectivity index (χ3n) is 1.07. The molecule has 0 heterocycles. The fraction of sp³-hybridized carbons (Fsp3) is 0.429. The number of methoxy groups -OCH3 is 1. The van der Waals surface area contributed by atoms with Gasteiger partial charge in [0.1, 0.15) is 0 Å². The third kappa shape index (κ3) is 4.01. The van der Waals surface area contributed by atoms with Crippen LogP contribution in [0.4, 0.5) is 0 Å². The summed E-state index contributed by atoms with van der Waals surface area (Å²) in [4.78, 5) is 21.2. The molecule has 0 aromatic heterocycles. The van der Waals surface area contributed by atoms with E-state index in [9.17, 15) is 9.59 Å². The molecule has 0 aliphatic carbocycles. The molecule has 68 valence electrons. The number of rotatable bonds is 3. The van der Waals surface area contributed by atoms with Crippen LogP contribution in [0.5, 0.6) is 0 Å². The number of ether oxygens (including phenoxy) is 1. The molecule has 3 nitrogen and oxygen atoms in total. The summed E-state index contributed by atoms with van der Waals surface area (Å²) in [7, 11) is 1.28. The highest BCUT2D eigenvalue weighted by atomic mass is 79.9. The summed E-state index contributed by atoms with van der Waals surface area (Å²) < 4.78 is 3.46. The second-order valence-corrected chi connectivity index (χ2v) is 5.80. The first-order valence-corrected chi connectivity index (χ1v) is 4.63. The van der Waals surface area contributed by atoms with Crippen LogP contribution in [0.15, 0.2) is 11.6 Å². The van der Waals surface area contributed by atoms with Crippen LogP contribution in [0.3, 0.4) is 0 Å². The van der Waals surface area contributed by atoms with Crippen molar-refractivity contribution < 1.29 is 14.3 Å². The quantitative estimate of drug-likeness (QED) is 0.345. The Morgan fingerprint density at radius 2 is 2.00 bits per heavy atom. The molecule has 0 atom stereocenters. The lowest BCUT2D eigenvalue weighted by Gasteiger charge is -2.07. The van der Waals surface area contributed by atoms with Gasteiger partial charge in [-0.15, -0.1) is 0 Å². The Balaban J connectivity index is 4.55. The normalized spacial score (nSPS) is 12.5. The minimum atomic E-state index is -0.974. The Bertz CT molecular complexity index is 221. The van der Waals surface area contributed by atoms with Crippen molar-refractivity contribution in [1.29, 1.82) is 0 Å². The molecule has 0 saturated carbocycles. The molecule has 0 aliphatic rings. The lowest BCUT2D eigenvalue weighted by atomic mass is 10.2. The maximum atomic E-state index is 10.9. The molecule has 0 rings (SSSR count). The number of aldehydes is 1. The van der Waals surface area contributed by atoms with E-state index in [0.29, 0.717) is 11.9 Å². The molecule has 0 aliphatic heterocycles. The van der Waals surface area contributed by atoms with Gasteiger partial charge in [0, 0.05) is 5.57 Å². The molecular weight excluding hydrogens is 292 g/mol. The van der Waals surface area contributed by atoms with Gasteiger partial charge in [-0.1, -0.05) is 31.9 Å². The molecule has 5 heteroatoms. The zero-order valence-electron chi connectivity index (χ0n) is 6.64. The summed E-state index contributed by atoms with van der Waals surface area (Å²) >= 11 is 6.09. The smallest absolute Gasteiger partial charge is 0.333 e. The summed E-state index contributed by atoms with van der Waals surface area (Å²) in [5.74, 6) is -0.458. The molecule has 0 aromatic carbocycles. The van der Waals surface area contributed by atoms with E-state index in [0.717, 1.165) is 0 Å².